The Hall–Kier alpha value is -0.470. The number of aryl methyl sites for hydroxylation is 1. The van der Waals surface area contributed by atoms with Crippen LogP contribution in [0.5, 0.6) is 0 Å². The summed E-state index contributed by atoms with van der Waals surface area (Å²) in [5.41, 5.74) is 2.87. The first-order valence-electron chi connectivity index (χ1n) is 6.54. The summed E-state index contributed by atoms with van der Waals surface area (Å²) >= 11 is 2.04. The van der Waals surface area contributed by atoms with Gasteiger partial charge in [-0.05, 0) is 37.9 Å². The highest BCUT2D eigenvalue weighted by atomic mass is 32.2. The third-order valence-electron chi connectivity index (χ3n) is 3.18. The first kappa shape index (κ1) is 14.6. The van der Waals surface area contributed by atoms with Gasteiger partial charge in [0.25, 0.3) is 0 Å². The van der Waals surface area contributed by atoms with E-state index >= 15 is 0 Å². The van der Waals surface area contributed by atoms with Crippen molar-refractivity contribution in [3.8, 4) is 0 Å². The number of hydrogen-bond donors (Lipinski definition) is 1. The van der Waals surface area contributed by atoms with E-state index in [4.69, 9.17) is 0 Å². The Morgan fingerprint density at radius 3 is 2.59 bits per heavy atom. The molecular formula is C15H25NS. The van der Waals surface area contributed by atoms with E-state index in [9.17, 15) is 0 Å². The molecule has 96 valence electrons. The molecule has 0 aromatic heterocycles. The first-order chi connectivity index (χ1) is 8.15. The van der Waals surface area contributed by atoms with E-state index in [2.05, 4.69) is 57.3 Å². The highest BCUT2D eigenvalue weighted by Gasteiger charge is 2.11. The zero-order valence-corrected chi connectivity index (χ0v) is 12.3. The predicted octanol–water partition coefficient (Wildman–Crippen LogP) is 4.00. The summed E-state index contributed by atoms with van der Waals surface area (Å²) in [5, 5.41) is 4.22. The molecule has 0 amide bonds. The van der Waals surface area contributed by atoms with Crippen LogP contribution in [0.1, 0.15) is 38.3 Å². The number of rotatable bonds is 7. The van der Waals surface area contributed by atoms with Crippen LogP contribution in [-0.2, 0) is 5.75 Å². The van der Waals surface area contributed by atoms with E-state index in [1.807, 2.05) is 11.8 Å². The van der Waals surface area contributed by atoms with Crippen LogP contribution in [-0.4, -0.2) is 17.8 Å². The monoisotopic (exact) mass is 251 g/mol. The Balaban J connectivity index is 2.37. The molecule has 1 N–H and O–H groups in total. The van der Waals surface area contributed by atoms with Gasteiger partial charge in [-0.15, -0.1) is 0 Å². The summed E-state index contributed by atoms with van der Waals surface area (Å²) in [7, 11) is 0. The molecule has 1 nitrogen and oxygen atoms in total. The summed E-state index contributed by atoms with van der Waals surface area (Å²) in [6.45, 7) is 10.1. The average molecular weight is 251 g/mol. The molecule has 1 rings (SSSR count). The van der Waals surface area contributed by atoms with E-state index in [1.165, 1.54) is 17.5 Å². The van der Waals surface area contributed by atoms with Gasteiger partial charge in [0.15, 0.2) is 0 Å². The van der Waals surface area contributed by atoms with Crippen molar-refractivity contribution in [2.45, 2.75) is 51.2 Å². The van der Waals surface area contributed by atoms with Crippen molar-refractivity contribution in [2.24, 2.45) is 0 Å². The lowest BCUT2D eigenvalue weighted by Gasteiger charge is -2.21. The lowest BCUT2D eigenvalue weighted by Crippen LogP contribution is -2.34. The van der Waals surface area contributed by atoms with Gasteiger partial charge in [-0.3, -0.25) is 0 Å². The largest absolute Gasteiger partial charge is 0.313 e. The van der Waals surface area contributed by atoms with Crippen LogP contribution in [0.2, 0.25) is 0 Å². The van der Waals surface area contributed by atoms with Gasteiger partial charge >= 0.3 is 0 Å². The molecule has 0 saturated carbocycles. The maximum Gasteiger partial charge on any atom is 0.0190 e. The summed E-state index contributed by atoms with van der Waals surface area (Å²) in [6, 6.07) is 9.26. The lowest BCUT2D eigenvalue weighted by atomic mass is 10.1. The van der Waals surface area contributed by atoms with Crippen LogP contribution >= 0.6 is 11.8 Å². The second kappa shape index (κ2) is 7.78. The SMILES string of the molecule is CCCNC(C)C(C)SCc1ccccc1C. The minimum absolute atomic E-state index is 0.587. The fourth-order valence-electron chi connectivity index (χ4n) is 1.68. The Kier molecular flexibility index (Phi) is 6.68. The molecule has 17 heavy (non-hydrogen) atoms. The van der Waals surface area contributed by atoms with Crippen molar-refractivity contribution in [2.75, 3.05) is 6.54 Å². The molecule has 0 aliphatic rings. The zero-order chi connectivity index (χ0) is 12.7. The Morgan fingerprint density at radius 1 is 1.24 bits per heavy atom. The lowest BCUT2D eigenvalue weighted by molar-refractivity contribution is 0.542. The minimum Gasteiger partial charge on any atom is -0.313 e. The smallest absolute Gasteiger partial charge is 0.0190 e. The number of benzene rings is 1. The first-order valence-corrected chi connectivity index (χ1v) is 7.59. The highest BCUT2D eigenvalue weighted by molar-refractivity contribution is 7.99. The summed E-state index contributed by atoms with van der Waals surface area (Å²) < 4.78 is 0. The van der Waals surface area contributed by atoms with E-state index in [1.54, 1.807) is 0 Å². The summed E-state index contributed by atoms with van der Waals surface area (Å²) in [5.74, 6) is 1.12. The second-order valence-electron chi connectivity index (χ2n) is 4.69. The normalized spacial score (nSPS) is 14.6. The van der Waals surface area contributed by atoms with Crippen LogP contribution in [0.25, 0.3) is 0 Å². The quantitative estimate of drug-likeness (QED) is 0.786. The van der Waals surface area contributed by atoms with Crippen molar-refractivity contribution < 1.29 is 0 Å². The fourth-order valence-corrected chi connectivity index (χ4v) is 2.83. The fraction of sp³-hybridized carbons (Fsp3) is 0.600. The van der Waals surface area contributed by atoms with Gasteiger partial charge in [0, 0.05) is 17.0 Å². The van der Waals surface area contributed by atoms with Crippen LogP contribution in [0.3, 0.4) is 0 Å². The van der Waals surface area contributed by atoms with Crippen LogP contribution in [0.15, 0.2) is 24.3 Å². The van der Waals surface area contributed by atoms with Gasteiger partial charge in [-0.25, -0.2) is 0 Å². The van der Waals surface area contributed by atoms with Crippen molar-refractivity contribution in [1.82, 2.24) is 5.32 Å². The van der Waals surface area contributed by atoms with E-state index < -0.39 is 0 Å². The second-order valence-corrected chi connectivity index (χ2v) is 6.05. The van der Waals surface area contributed by atoms with Gasteiger partial charge in [0.1, 0.15) is 0 Å². The number of hydrogen-bond acceptors (Lipinski definition) is 2. The molecule has 0 aliphatic carbocycles. The third kappa shape index (κ3) is 5.13. The zero-order valence-electron chi connectivity index (χ0n) is 11.5. The van der Waals surface area contributed by atoms with Gasteiger partial charge in [0.05, 0.1) is 0 Å². The molecule has 2 heteroatoms. The number of thioether (sulfide) groups is 1. The summed E-state index contributed by atoms with van der Waals surface area (Å²) in [4.78, 5) is 0. The molecule has 0 heterocycles. The van der Waals surface area contributed by atoms with Gasteiger partial charge in [-0.1, -0.05) is 38.1 Å². The predicted molar refractivity (Wildman–Crippen MR) is 79.7 cm³/mol. The highest BCUT2D eigenvalue weighted by Crippen LogP contribution is 2.21. The number of nitrogens with one attached hydrogen (secondary N) is 1. The van der Waals surface area contributed by atoms with E-state index in [-0.39, 0.29) is 0 Å². The van der Waals surface area contributed by atoms with Crippen LogP contribution in [0, 0.1) is 6.92 Å². The van der Waals surface area contributed by atoms with E-state index in [0.717, 1.165) is 12.3 Å². The maximum absolute atomic E-state index is 3.56. The molecule has 2 atom stereocenters. The van der Waals surface area contributed by atoms with Crippen molar-refractivity contribution in [1.29, 1.82) is 0 Å². The Labute approximate surface area is 110 Å². The Morgan fingerprint density at radius 2 is 1.94 bits per heavy atom. The van der Waals surface area contributed by atoms with Crippen molar-refractivity contribution in [3.63, 3.8) is 0 Å². The molecule has 0 bridgehead atoms. The molecule has 1 aromatic carbocycles. The molecule has 2 unspecified atom stereocenters. The van der Waals surface area contributed by atoms with Gasteiger partial charge in [0.2, 0.25) is 0 Å². The van der Waals surface area contributed by atoms with Crippen molar-refractivity contribution >= 4 is 11.8 Å². The maximum atomic E-state index is 3.56. The molecule has 0 aliphatic heterocycles. The van der Waals surface area contributed by atoms with Gasteiger partial charge in [-0.2, -0.15) is 11.8 Å². The van der Waals surface area contributed by atoms with Gasteiger partial charge < -0.3 is 5.32 Å². The molecule has 0 radical (unpaired) electrons. The molecule has 1 aromatic rings. The topological polar surface area (TPSA) is 12.0 Å². The summed E-state index contributed by atoms with van der Waals surface area (Å²) in [6.07, 6.45) is 1.21. The van der Waals surface area contributed by atoms with Crippen LogP contribution in [0.4, 0.5) is 0 Å². The standard InChI is InChI=1S/C15H25NS/c1-5-10-16-13(3)14(4)17-11-15-9-7-6-8-12(15)2/h6-9,13-14,16H,5,10-11H2,1-4H3. The third-order valence-corrected chi connectivity index (χ3v) is 4.60. The van der Waals surface area contributed by atoms with Crippen molar-refractivity contribution in [3.05, 3.63) is 35.4 Å². The molecular weight excluding hydrogens is 226 g/mol. The minimum atomic E-state index is 0.587. The molecule has 0 spiro atoms. The van der Waals surface area contributed by atoms with Crippen LogP contribution < -0.4 is 5.32 Å². The average Bonchev–Trinajstić information content (AvgIpc) is 2.34. The Bertz CT molecular complexity index is 324. The van der Waals surface area contributed by atoms with E-state index in [0.29, 0.717) is 11.3 Å². The molecule has 0 saturated heterocycles. The molecule has 0 fully saturated rings.